The Morgan fingerprint density at radius 1 is 1.33 bits per heavy atom. The van der Waals surface area contributed by atoms with Gasteiger partial charge in [-0.15, -0.1) is 19.0 Å². The lowest BCUT2D eigenvalue weighted by Gasteiger charge is -2.32. The Morgan fingerprint density at radius 2 is 1.90 bits per heavy atom. The van der Waals surface area contributed by atoms with E-state index in [4.69, 9.17) is 10.6 Å². The second kappa shape index (κ2) is 8.02. The number of hydrazine groups is 1. The van der Waals surface area contributed by atoms with E-state index in [1.165, 1.54) is 5.43 Å². The van der Waals surface area contributed by atoms with Crippen molar-refractivity contribution in [1.82, 2.24) is 5.43 Å². The summed E-state index contributed by atoms with van der Waals surface area (Å²) in [4.78, 5) is 11.6. The smallest absolute Gasteiger partial charge is 0.352 e. The monoisotopic (exact) mass is 324 g/mol. The molecule has 21 heavy (non-hydrogen) atoms. The van der Waals surface area contributed by atoms with Gasteiger partial charge in [0.2, 0.25) is 5.60 Å². The minimum absolute atomic E-state index is 0. The molecule has 1 aromatic carbocycles. The molecule has 118 valence electrons. The fourth-order valence-electron chi connectivity index (χ4n) is 1.64. The van der Waals surface area contributed by atoms with Crippen LogP contribution in [0.1, 0.15) is 12.0 Å². The van der Waals surface area contributed by atoms with Crippen LogP contribution in [0.3, 0.4) is 0 Å². The SMILES string of the molecule is C=CCC(OCc1ccccc1)(C(=O)NN)C(F)(F)F.Cl. The van der Waals surface area contributed by atoms with Crippen LogP contribution in [0.4, 0.5) is 13.2 Å². The summed E-state index contributed by atoms with van der Waals surface area (Å²) in [5.74, 6) is 3.38. The molecular weight excluding hydrogens is 309 g/mol. The van der Waals surface area contributed by atoms with E-state index in [9.17, 15) is 18.0 Å². The molecule has 0 saturated heterocycles. The number of nitrogens with two attached hydrogens (primary N) is 1. The topological polar surface area (TPSA) is 64.3 Å². The standard InChI is InChI=1S/C13H15F3N2O2.ClH/c1-2-8-12(11(19)18-17,13(14,15)16)20-9-10-6-4-3-5-7-10;/h2-7H,1,8-9,17H2,(H,18,19);1H. The molecule has 3 N–H and O–H groups in total. The number of carbonyl (C=O) groups excluding carboxylic acids is 1. The fourth-order valence-corrected chi connectivity index (χ4v) is 1.64. The molecule has 1 aromatic rings. The molecule has 8 heteroatoms. The van der Waals surface area contributed by atoms with E-state index >= 15 is 0 Å². The van der Waals surface area contributed by atoms with Crippen LogP contribution in [0.2, 0.25) is 0 Å². The first-order valence-electron chi connectivity index (χ1n) is 5.74. The van der Waals surface area contributed by atoms with E-state index in [-0.39, 0.29) is 19.0 Å². The second-order valence-electron chi connectivity index (χ2n) is 4.07. The maximum absolute atomic E-state index is 13.2. The highest BCUT2D eigenvalue weighted by Gasteiger charge is 2.61. The number of hydrogen-bond donors (Lipinski definition) is 2. The molecule has 0 bridgehead atoms. The number of ether oxygens (including phenoxy) is 1. The van der Waals surface area contributed by atoms with Gasteiger partial charge in [0.25, 0.3) is 5.91 Å². The van der Waals surface area contributed by atoms with Crippen LogP contribution in [0, 0.1) is 0 Å². The summed E-state index contributed by atoms with van der Waals surface area (Å²) in [7, 11) is 0. The first-order valence-corrected chi connectivity index (χ1v) is 5.74. The fraction of sp³-hybridized carbons (Fsp3) is 0.308. The van der Waals surface area contributed by atoms with Crippen molar-refractivity contribution in [3.63, 3.8) is 0 Å². The van der Waals surface area contributed by atoms with E-state index in [0.29, 0.717) is 5.56 Å². The van der Waals surface area contributed by atoms with Crippen molar-refractivity contribution in [1.29, 1.82) is 0 Å². The quantitative estimate of drug-likeness (QED) is 0.366. The van der Waals surface area contributed by atoms with Crippen molar-refractivity contribution in [3.05, 3.63) is 48.6 Å². The molecule has 0 aliphatic carbocycles. The highest BCUT2D eigenvalue weighted by atomic mass is 35.5. The summed E-state index contributed by atoms with van der Waals surface area (Å²) in [6.45, 7) is 2.86. The van der Waals surface area contributed by atoms with Gasteiger partial charge in [-0.25, -0.2) is 5.84 Å². The van der Waals surface area contributed by atoms with Crippen molar-refractivity contribution >= 4 is 18.3 Å². The van der Waals surface area contributed by atoms with Gasteiger partial charge in [-0.3, -0.25) is 10.2 Å². The molecule has 4 nitrogen and oxygen atoms in total. The maximum atomic E-state index is 13.2. The number of rotatable bonds is 6. The molecule has 0 aliphatic rings. The number of halogens is 4. The molecule has 0 aliphatic heterocycles. The van der Waals surface area contributed by atoms with Gasteiger partial charge in [0.1, 0.15) is 0 Å². The van der Waals surface area contributed by atoms with Crippen molar-refractivity contribution in [2.75, 3.05) is 0 Å². The van der Waals surface area contributed by atoms with Crippen LogP contribution < -0.4 is 11.3 Å². The van der Waals surface area contributed by atoms with E-state index in [1.54, 1.807) is 30.3 Å². The average Bonchev–Trinajstić information content (AvgIpc) is 2.42. The van der Waals surface area contributed by atoms with Crippen LogP contribution in [-0.2, 0) is 16.1 Å². The normalized spacial score (nSPS) is 13.7. The average molecular weight is 325 g/mol. The third-order valence-corrected chi connectivity index (χ3v) is 2.72. The minimum Gasteiger partial charge on any atom is -0.352 e. The Labute approximate surface area is 126 Å². The molecule has 1 unspecified atom stereocenters. The summed E-state index contributed by atoms with van der Waals surface area (Å²) >= 11 is 0. The Balaban J connectivity index is 0.00000400. The van der Waals surface area contributed by atoms with Crippen LogP contribution >= 0.6 is 12.4 Å². The lowest BCUT2D eigenvalue weighted by atomic mass is 9.97. The number of nitrogens with one attached hydrogen (secondary N) is 1. The van der Waals surface area contributed by atoms with E-state index in [2.05, 4.69) is 6.58 Å². The van der Waals surface area contributed by atoms with Gasteiger partial charge in [-0.2, -0.15) is 13.2 Å². The van der Waals surface area contributed by atoms with Gasteiger partial charge >= 0.3 is 6.18 Å². The molecule has 1 amide bonds. The third kappa shape index (κ3) is 4.45. The van der Waals surface area contributed by atoms with Crippen molar-refractivity contribution < 1.29 is 22.7 Å². The molecule has 0 radical (unpaired) electrons. The minimum atomic E-state index is -4.92. The second-order valence-corrected chi connectivity index (χ2v) is 4.07. The van der Waals surface area contributed by atoms with Crippen molar-refractivity contribution in [2.24, 2.45) is 5.84 Å². The molecular formula is C13H16ClF3N2O2. The molecule has 0 saturated carbocycles. The molecule has 0 aromatic heterocycles. The lowest BCUT2D eigenvalue weighted by Crippen LogP contribution is -2.59. The number of hydrogen-bond acceptors (Lipinski definition) is 3. The van der Waals surface area contributed by atoms with Crippen LogP contribution in [0.15, 0.2) is 43.0 Å². The summed E-state index contributed by atoms with van der Waals surface area (Å²) in [5, 5.41) is 0. The highest BCUT2D eigenvalue weighted by Crippen LogP contribution is 2.37. The Bertz CT molecular complexity index is 468. The van der Waals surface area contributed by atoms with E-state index in [1.807, 2.05) is 0 Å². The Kier molecular flexibility index (Phi) is 7.42. The van der Waals surface area contributed by atoms with E-state index < -0.39 is 24.1 Å². The maximum Gasteiger partial charge on any atom is 0.427 e. The first kappa shape index (κ1) is 19.4. The largest absolute Gasteiger partial charge is 0.427 e. The molecule has 1 rings (SSSR count). The van der Waals surface area contributed by atoms with Gasteiger partial charge in [-0.1, -0.05) is 36.4 Å². The van der Waals surface area contributed by atoms with Gasteiger partial charge in [0.15, 0.2) is 0 Å². The third-order valence-electron chi connectivity index (χ3n) is 2.72. The Morgan fingerprint density at radius 3 is 2.33 bits per heavy atom. The zero-order chi connectivity index (χ0) is 15.2. The van der Waals surface area contributed by atoms with Gasteiger partial charge in [-0.05, 0) is 5.56 Å². The Hall–Kier alpha value is -1.57. The zero-order valence-corrected chi connectivity index (χ0v) is 11.8. The molecule has 0 fully saturated rings. The summed E-state index contributed by atoms with van der Waals surface area (Å²) in [5.41, 5.74) is -1.03. The van der Waals surface area contributed by atoms with Crippen molar-refractivity contribution in [3.8, 4) is 0 Å². The van der Waals surface area contributed by atoms with Gasteiger partial charge in [0.05, 0.1) is 6.61 Å². The van der Waals surface area contributed by atoms with Gasteiger partial charge < -0.3 is 4.74 Å². The number of benzene rings is 1. The van der Waals surface area contributed by atoms with Crippen molar-refractivity contribution in [2.45, 2.75) is 24.8 Å². The summed E-state index contributed by atoms with van der Waals surface area (Å²) < 4.78 is 44.5. The number of alkyl halides is 3. The lowest BCUT2D eigenvalue weighted by molar-refractivity contribution is -0.269. The predicted molar refractivity (Wildman–Crippen MR) is 74.4 cm³/mol. The predicted octanol–water partition coefficient (Wildman–Crippen LogP) is 2.49. The van der Waals surface area contributed by atoms with Gasteiger partial charge in [0, 0.05) is 6.42 Å². The van der Waals surface area contributed by atoms with Crippen LogP contribution in [0.5, 0.6) is 0 Å². The highest BCUT2D eigenvalue weighted by molar-refractivity contribution is 5.86. The molecule has 1 atom stereocenters. The molecule has 0 spiro atoms. The first-order chi connectivity index (χ1) is 9.37. The number of amides is 1. The zero-order valence-electron chi connectivity index (χ0n) is 11.0. The van der Waals surface area contributed by atoms with E-state index in [0.717, 1.165) is 6.08 Å². The number of carbonyl (C=O) groups is 1. The summed E-state index contributed by atoms with van der Waals surface area (Å²) in [6, 6.07) is 8.22. The summed E-state index contributed by atoms with van der Waals surface area (Å²) in [6.07, 6.45) is -4.68. The van der Waals surface area contributed by atoms with Crippen LogP contribution in [0.25, 0.3) is 0 Å². The van der Waals surface area contributed by atoms with Crippen LogP contribution in [-0.4, -0.2) is 17.7 Å². The molecule has 0 heterocycles.